The van der Waals surface area contributed by atoms with Crippen LogP contribution < -0.4 is 0 Å². The first-order chi connectivity index (χ1) is 5.66. The van der Waals surface area contributed by atoms with Crippen LogP contribution in [0.15, 0.2) is 10.5 Å². The number of carbonyl (C=O) groups is 1. The van der Waals surface area contributed by atoms with E-state index in [1.54, 1.807) is 5.51 Å². The number of hydrogen-bond donors (Lipinski definition) is 0. The van der Waals surface area contributed by atoms with Gasteiger partial charge in [-0.1, -0.05) is 13.8 Å². The second-order valence-electron chi connectivity index (χ2n) is 2.58. The summed E-state index contributed by atoms with van der Waals surface area (Å²) in [5, 5.41) is 0.625. The molecule has 0 saturated heterocycles. The molecule has 0 saturated carbocycles. The molecule has 2 nitrogen and oxygen atoms in total. The molecule has 0 bridgehead atoms. The predicted octanol–water partition coefficient (Wildman–Crippen LogP) is 3.23. The number of Topliss-reactive ketones (excluding diaryl/α,β-unsaturated/α-hetero) is 1. The third kappa shape index (κ3) is 2.00. The summed E-state index contributed by atoms with van der Waals surface area (Å²) in [6.45, 7) is 3.73. The summed E-state index contributed by atoms with van der Waals surface area (Å²) in [6, 6.07) is 0. The van der Waals surface area contributed by atoms with Crippen LogP contribution >= 0.6 is 33.0 Å². The van der Waals surface area contributed by atoms with Crippen LogP contribution in [0.1, 0.15) is 23.5 Å². The molecule has 1 heterocycles. The summed E-state index contributed by atoms with van der Waals surface area (Å²) in [7, 11) is 6.53. The Morgan fingerprint density at radius 1 is 1.75 bits per heavy atom. The average molecular weight is 222 g/mol. The maximum atomic E-state index is 11.5. The molecule has 1 rings (SSSR count). The molecular weight excluding hydrogens is 214 g/mol. The van der Waals surface area contributed by atoms with Crippen molar-refractivity contribution in [2.24, 2.45) is 5.92 Å². The van der Waals surface area contributed by atoms with Crippen LogP contribution in [0.4, 0.5) is 0 Å². The fraction of sp³-hybridized carbons (Fsp3) is 0.429. The summed E-state index contributed by atoms with van der Waals surface area (Å²) in [6.07, 6.45) is 0. The molecule has 0 aliphatic carbocycles. The van der Waals surface area contributed by atoms with E-state index in [0.717, 1.165) is 11.0 Å². The van der Waals surface area contributed by atoms with Gasteiger partial charge in [0.25, 0.3) is 0 Å². The van der Waals surface area contributed by atoms with Gasteiger partial charge >= 0.3 is 0 Å². The van der Waals surface area contributed by atoms with Gasteiger partial charge in [-0.05, 0) is 10.7 Å². The van der Waals surface area contributed by atoms with Crippen molar-refractivity contribution in [3.05, 3.63) is 10.4 Å². The van der Waals surface area contributed by atoms with Gasteiger partial charge in [-0.25, -0.2) is 4.98 Å². The van der Waals surface area contributed by atoms with Gasteiger partial charge in [0.15, 0.2) is 5.78 Å². The van der Waals surface area contributed by atoms with Crippen molar-refractivity contribution in [3.8, 4) is 0 Å². The topological polar surface area (TPSA) is 30.0 Å². The predicted molar refractivity (Wildman–Crippen MR) is 53.0 cm³/mol. The van der Waals surface area contributed by atoms with E-state index in [2.05, 4.69) is 4.98 Å². The van der Waals surface area contributed by atoms with Crippen molar-refractivity contribution in [2.45, 2.75) is 18.9 Å². The van der Waals surface area contributed by atoms with Gasteiger partial charge in [0.05, 0.1) is 5.51 Å². The van der Waals surface area contributed by atoms with Gasteiger partial charge in [-0.15, -0.1) is 11.3 Å². The Balaban J connectivity index is 2.94. The minimum atomic E-state index is 0.00742. The molecule has 0 unspecified atom stereocenters. The summed E-state index contributed by atoms with van der Waals surface area (Å²) < 4.78 is 0. The molecule has 0 spiro atoms. The molecule has 0 radical (unpaired) electrons. The maximum absolute atomic E-state index is 11.5. The van der Waals surface area contributed by atoms with Crippen LogP contribution in [0.3, 0.4) is 0 Å². The van der Waals surface area contributed by atoms with Gasteiger partial charge in [0, 0.05) is 16.9 Å². The lowest BCUT2D eigenvalue weighted by Crippen LogP contribution is -2.06. The number of hydrogen-bond acceptors (Lipinski definition) is 4. The maximum Gasteiger partial charge on any atom is 0.178 e. The molecule has 0 amide bonds. The summed E-state index contributed by atoms with van der Waals surface area (Å²) in [5.74, 6) is 0.119. The number of aromatic nitrogens is 1. The van der Waals surface area contributed by atoms with Crippen LogP contribution in [0.2, 0.25) is 0 Å². The molecule has 0 atom stereocenters. The van der Waals surface area contributed by atoms with E-state index in [4.69, 9.17) is 10.7 Å². The second kappa shape index (κ2) is 4.25. The monoisotopic (exact) mass is 221 g/mol. The van der Waals surface area contributed by atoms with Gasteiger partial charge in [-0.2, -0.15) is 0 Å². The highest BCUT2D eigenvalue weighted by Gasteiger charge is 2.17. The fourth-order valence-corrected chi connectivity index (χ4v) is 2.57. The number of rotatable bonds is 3. The molecule has 66 valence electrons. The Morgan fingerprint density at radius 3 is 2.92 bits per heavy atom. The van der Waals surface area contributed by atoms with E-state index < -0.39 is 0 Å². The van der Waals surface area contributed by atoms with Crippen molar-refractivity contribution in [1.29, 1.82) is 0 Å². The van der Waals surface area contributed by atoms with E-state index in [-0.39, 0.29) is 11.7 Å². The average Bonchev–Trinajstić information content (AvgIpc) is 2.49. The second-order valence-corrected chi connectivity index (χ2v) is 4.44. The third-order valence-electron chi connectivity index (χ3n) is 1.36. The molecular formula is C7H8ClNOS2. The van der Waals surface area contributed by atoms with Gasteiger partial charge < -0.3 is 0 Å². The van der Waals surface area contributed by atoms with Crippen LogP contribution in [0.25, 0.3) is 0 Å². The zero-order valence-electron chi connectivity index (χ0n) is 6.70. The lowest BCUT2D eigenvalue weighted by molar-refractivity contribution is 0.0940. The molecule has 0 fully saturated rings. The number of thiazole rings is 1. The molecule has 5 heteroatoms. The van der Waals surface area contributed by atoms with Gasteiger partial charge in [0.1, 0.15) is 9.90 Å². The number of halogens is 1. The van der Waals surface area contributed by atoms with Gasteiger partial charge in [0.2, 0.25) is 0 Å². The van der Waals surface area contributed by atoms with E-state index >= 15 is 0 Å². The van der Waals surface area contributed by atoms with Crippen LogP contribution in [0.5, 0.6) is 0 Å². The zero-order valence-corrected chi connectivity index (χ0v) is 9.09. The highest BCUT2D eigenvalue weighted by atomic mass is 35.7. The quantitative estimate of drug-likeness (QED) is 0.735. The van der Waals surface area contributed by atoms with E-state index in [1.165, 1.54) is 11.3 Å². The van der Waals surface area contributed by atoms with E-state index in [0.29, 0.717) is 9.90 Å². The first kappa shape index (κ1) is 10.0. The Morgan fingerprint density at radius 2 is 2.42 bits per heavy atom. The Labute approximate surface area is 83.8 Å². The zero-order chi connectivity index (χ0) is 9.14. The minimum Gasteiger partial charge on any atom is -0.293 e. The highest BCUT2D eigenvalue weighted by Crippen LogP contribution is 2.29. The van der Waals surface area contributed by atoms with E-state index in [9.17, 15) is 4.79 Å². The van der Waals surface area contributed by atoms with Crippen LogP contribution in [-0.2, 0) is 0 Å². The molecule has 1 aromatic rings. The summed E-state index contributed by atoms with van der Waals surface area (Å²) >= 11 is 1.34. The first-order valence-corrected chi connectivity index (χ1v) is 5.95. The molecule has 12 heavy (non-hydrogen) atoms. The summed E-state index contributed by atoms with van der Waals surface area (Å²) in [5.41, 5.74) is 1.64. The van der Waals surface area contributed by atoms with Crippen LogP contribution in [0, 0.1) is 5.92 Å². The molecule has 0 aliphatic heterocycles. The highest BCUT2D eigenvalue weighted by molar-refractivity contribution is 8.21. The largest absolute Gasteiger partial charge is 0.293 e. The lowest BCUT2D eigenvalue weighted by Gasteiger charge is -2.00. The lowest BCUT2D eigenvalue weighted by atomic mass is 10.1. The van der Waals surface area contributed by atoms with Crippen molar-refractivity contribution < 1.29 is 4.79 Å². The standard InChI is InChI=1S/C7H8ClNOS2/c1-4(2)5(10)6-7(12-8)9-3-11-6/h3-4H,1-2H3. The number of carbonyl (C=O) groups excluding carboxylic acids is 1. The number of ketones is 1. The van der Waals surface area contributed by atoms with Crippen molar-refractivity contribution >= 4 is 38.8 Å². The number of nitrogens with zero attached hydrogens (tertiary/aromatic N) is 1. The summed E-state index contributed by atoms with van der Waals surface area (Å²) in [4.78, 5) is 16.1. The first-order valence-electron chi connectivity index (χ1n) is 3.43. The third-order valence-corrected chi connectivity index (χ3v) is 3.22. The smallest absolute Gasteiger partial charge is 0.178 e. The molecule has 0 aromatic carbocycles. The minimum absolute atomic E-state index is 0.00742. The normalized spacial score (nSPS) is 10.7. The van der Waals surface area contributed by atoms with Crippen molar-refractivity contribution in [3.63, 3.8) is 0 Å². The Bertz CT molecular complexity index is 285. The van der Waals surface area contributed by atoms with Crippen LogP contribution in [-0.4, -0.2) is 10.8 Å². The van der Waals surface area contributed by atoms with Crippen molar-refractivity contribution in [1.82, 2.24) is 4.98 Å². The SMILES string of the molecule is CC(C)C(=O)c1scnc1SCl. The molecule has 1 aromatic heterocycles. The molecule has 0 N–H and O–H groups in total. The van der Waals surface area contributed by atoms with E-state index in [1.807, 2.05) is 13.8 Å². The Kier molecular flexibility index (Phi) is 3.55. The van der Waals surface area contributed by atoms with Crippen molar-refractivity contribution in [2.75, 3.05) is 0 Å². The molecule has 0 aliphatic rings. The Hall–Kier alpha value is -0.0600. The van der Waals surface area contributed by atoms with Gasteiger partial charge in [-0.3, -0.25) is 4.79 Å². The fourth-order valence-electron chi connectivity index (χ4n) is 0.717.